The topological polar surface area (TPSA) is 17.1 Å². The Bertz CT molecular complexity index is 264. The standard InChI is InChI=1S/C9H9BO/c1-8(11)4-5-9-3-2-6-10-7-9/h2-7H,1H3/b5-4+. The number of hydrogen-bond acceptors (Lipinski definition) is 1. The van der Waals surface area contributed by atoms with Gasteiger partial charge in [0.05, 0.1) is 0 Å². The van der Waals surface area contributed by atoms with Crippen molar-refractivity contribution in [2.45, 2.75) is 6.92 Å². The first-order valence-corrected chi connectivity index (χ1v) is 3.53. The average Bonchev–Trinajstić information content (AvgIpc) is 2.03. The predicted molar refractivity (Wildman–Crippen MR) is 47.5 cm³/mol. The van der Waals surface area contributed by atoms with Gasteiger partial charge in [-0.1, -0.05) is 0 Å². The van der Waals surface area contributed by atoms with Gasteiger partial charge >= 0.3 is 66.2 Å². The Morgan fingerprint density at radius 3 is 3.00 bits per heavy atom. The molecule has 11 heavy (non-hydrogen) atoms. The molecule has 1 heterocycles. The summed E-state index contributed by atoms with van der Waals surface area (Å²) in [6.45, 7) is 3.49. The van der Waals surface area contributed by atoms with E-state index in [9.17, 15) is 4.79 Å². The molecule has 0 radical (unpaired) electrons. The fraction of sp³-hybridized carbons (Fsp3) is 0.111. The van der Waals surface area contributed by atoms with Crippen molar-refractivity contribution in [3.05, 3.63) is 35.7 Å². The van der Waals surface area contributed by atoms with E-state index in [1.54, 1.807) is 13.0 Å². The van der Waals surface area contributed by atoms with Crippen LogP contribution < -0.4 is 0 Å². The molecule has 0 aliphatic carbocycles. The first-order valence-electron chi connectivity index (χ1n) is 3.53. The molecule has 0 atom stereocenters. The van der Waals surface area contributed by atoms with E-state index in [-0.39, 0.29) is 5.78 Å². The van der Waals surface area contributed by atoms with E-state index in [1.165, 1.54) is 0 Å². The summed E-state index contributed by atoms with van der Waals surface area (Å²) < 4.78 is 0. The maximum atomic E-state index is 10.5. The average molecular weight is 144 g/mol. The Labute approximate surface area is 67.0 Å². The van der Waals surface area contributed by atoms with Crippen molar-refractivity contribution in [2.75, 3.05) is 0 Å². The van der Waals surface area contributed by atoms with Crippen LogP contribution in [0.3, 0.4) is 0 Å². The Morgan fingerprint density at radius 2 is 2.45 bits per heavy atom. The predicted octanol–water partition coefficient (Wildman–Crippen LogP) is 1.63. The van der Waals surface area contributed by atoms with Gasteiger partial charge in [0.1, 0.15) is 0 Å². The summed E-state index contributed by atoms with van der Waals surface area (Å²) >= 11 is 0. The molecule has 2 heteroatoms. The van der Waals surface area contributed by atoms with Gasteiger partial charge in [0.15, 0.2) is 0 Å². The summed E-state index contributed by atoms with van der Waals surface area (Å²) in [6.07, 6.45) is 3.37. The third kappa shape index (κ3) is 2.94. The second-order valence-electron chi connectivity index (χ2n) is 2.35. The number of rotatable bonds is 2. The van der Waals surface area contributed by atoms with Crippen molar-refractivity contribution in [3.8, 4) is 0 Å². The maximum absolute atomic E-state index is 10.5. The van der Waals surface area contributed by atoms with Crippen molar-refractivity contribution < 1.29 is 4.79 Å². The molecule has 0 unspecified atom stereocenters. The molecule has 0 aliphatic rings. The molecule has 0 aromatic carbocycles. The molecular weight excluding hydrogens is 135 g/mol. The van der Waals surface area contributed by atoms with Gasteiger partial charge in [-0.2, -0.15) is 0 Å². The molecule has 0 fully saturated rings. The molecule has 0 saturated heterocycles. The Balaban J connectivity index is 2.72. The van der Waals surface area contributed by atoms with E-state index in [2.05, 4.69) is 0 Å². The van der Waals surface area contributed by atoms with Crippen molar-refractivity contribution in [3.63, 3.8) is 0 Å². The summed E-state index contributed by atoms with van der Waals surface area (Å²) in [7, 11) is 0. The van der Waals surface area contributed by atoms with Crippen LogP contribution in [0.1, 0.15) is 12.5 Å². The minimum absolute atomic E-state index is 0.0776. The first-order chi connectivity index (χ1) is 5.29. The van der Waals surface area contributed by atoms with E-state index in [1.807, 2.05) is 37.0 Å². The van der Waals surface area contributed by atoms with E-state index < -0.39 is 0 Å². The molecule has 0 spiro atoms. The van der Waals surface area contributed by atoms with E-state index in [0.29, 0.717) is 0 Å². The molecule has 0 bridgehead atoms. The summed E-state index contributed by atoms with van der Waals surface area (Å²) in [6, 6.07) is 3.90. The van der Waals surface area contributed by atoms with Crippen LogP contribution in [0.2, 0.25) is 0 Å². The quantitative estimate of drug-likeness (QED) is 0.576. The van der Waals surface area contributed by atoms with Gasteiger partial charge in [0.25, 0.3) is 0 Å². The normalized spacial score (nSPS) is 9.91. The van der Waals surface area contributed by atoms with E-state index in [0.717, 1.165) is 5.56 Å². The van der Waals surface area contributed by atoms with Crippen LogP contribution in [0, 0.1) is 0 Å². The second kappa shape index (κ2) is 3.86. The monoisotopic (exact) mass is 144 g/mol. The van der Waals surface area contributed by atoms with Gasteiger partial charge in [-0.15, -0.1) is 0 Å². The summed E-state index contributed by atoms with van der Waals surface area (Å²) in [5.74, 6) is 3.98. The molecule has 0 saturated carbocycles. The van der Waals surface area contributed by atoms with Gasteiger partial charge in [0.2, 0.25) is 0 Å². The Morgan fingerprint density at radius 1 is 1.64 bits per heavy atom. The zero-order valence-electron chi connectivity index (χ0n) is 6.45. The van der Waals surface area contributed by atoms with Crippen molar-refractivity contribution in [1.29, 1.82) is 0 Å². The van der Waals surface area contributed by atoms with Crippen LogP contribution in [0.15, 0.2) is 30.1 Å². The van der Waals surface area contributed by atoms with E-state index >= 15 is 0 Å². The molecule has 1 nitrogen and oxygen atoms in total. The fourth-order valence-electron chi connectivity index (χ4n) is 0.778. The number of carbonyl (C=O) groups excluding carboxylic acids is 1. The number of allylic oxidation sites excluding steroid dienone is 1. The molecule has 1 rings (SSSR count). The van der Waals surface area contributed by atoms with Crippen LogP contribution >= 0.6 is 0 Å². The third-order valence-corrected chi connectivity index (χ3v) is 1.31. The number of hydrogen-bond donors (Lipinski definition) is 0. The molecule has 1 aromatic rings. The van der Waals surface area contributed by atoms with Crippen LogP contribution in [-0.4, -0.2) is 12.7 Å². The van der Waals surface area contributed by atoms with Gasteiger partial charge < -0.3 is 0 Å². The molecule has 1 aromatic heterocycles. The zero-order valence-corrected chi connectivity index (χ0v) is 6.45. The molecule has 0 amide bonds. The fourth-order valence-corrected chi connectivity index (χ4v) is 0.778. The summed E-state index contributed by atoms with van der Waals surface area (Å²) in [5, 5.41) is 0. The Hall–Kier alpha value is -1.18. The molecular formula is C9H9BO. The minimum atomic E-state index is 0.0776. The Kier molecular flexibility index (Phi) is 2.78. The van der Waals surface area contributed by atoms with Crippen LogP contribution in [-0.2, 0) is 4.79 Å². The second-order valence-corrected chi connectivity index (χ2v) is 2.35. The number of carbonyl (C=O) groups is 1. The number of ketones is 1. The first kappa shape index (κ1) is 7.93. The van der Waals surface area contributed by atoms with E-state index in [4.69, 9.17) is 0 Å². The van der Waals surface area contributed by atoms with Crippen LogP contribution in [0.25, 0.3) is 6.08 Å². The zero-order chi connectivity index (χ0) is 8.10. The van der Waals surface area contributed by atoms with Gasteiger partial charge in [-0.05, 0) is 0 Å². The van der Waals surface area contributed by atoms with Crippen molar-refractivity contribution in [2.24, 2.45) is 0 Å². The summed E-state index contributed by atoms with van der Waals surface area (Å²) in [4.78, 5) is 10.5. The van der Waals surface area contributed by atoms with Gasteiger partial charge in [-0.3, -0.25) is 0 Å². The molecule has 54 valence electrons. The van der Waals surface area contributed by atoms with Gasteiger partial charge in [0, 0.05) is 0 Å². The molecule has 0 N–H and O–H groups in total. The van der Waals surface area contributed by atoms with Crippen LogP contribution in [0.4, 0.5) is 0 Å². The molecule has 0 aliphatic heterocycles. The third-order valence-electron chi connectivity index (χ3n) is 1.31. The van der Waals surface area contributed by atoms with Crippen molar-refractivity contribution >= 4 is 18.8 Å². The SMILES string of the molecule is CC(=O)/C=C/c1cbccc1. The van der Waals surface area contributed by atoms with Crippen LogP contribution in [0.5, 0.6) is 0 Å². The van der Waals surface area contributed by atoms with Crippen molar-refractivity contribution in [1.82, 2.24) is 0 Å². The summed E-state index contributed by atoms with van der Waals surface area (Å²) in [5.41, 5.74) is 1.06. The van der Waals surface area contributed by atoms with Gasteiger partial charge in [-0.25, -0.2) is 0 Å².